The molecule has 3 aromatic rings. The number of carbonyl (C=O) groups is 1. The quantitative estimate of drug-likeness (QED) is 0.262. The number of amides is 1. The van der Waals surface area contributed by atoms with Crippen molar-refractivity contribution in [2.45, 2.75) is 16.4 Å². The standard InChI is InChI=1S/C24H21ClN2O3S2/c1-29-15-5-14-27-23(28)21(32-24(27)26-18-6-3-2-4-7-18)16-19-10-13-22(30-19)31-20-11-8-17(25)9-12-20/h2-4,6-13,16H,5,14-15H2,1H3. The molecule has 0 N–H and O–H groups in total. The maximum atomic E-state index is 13.1. The van der Waals surface area contributed by atoms with E-state index in [2.05, 4.69) is 4.99 Å². The Bertz CT molecular complexity index is 1130. The average Bonchev–Trinajstić information content (AvgIpc) is 3.35. The molecular formula is C24H21ClN2O3S2. The van der Waals surface area contributed by atoms with Crippen LogP contribution in [0.4, 0.5) is 5.69 Å². The number of hydrogen-bond acceptors (Lipinski definition) is 6. The van der Waals surface area contributed by atoms with Gasteiger partial charge < -0.3 is 9.15 Å². The third-order valence-electron chi connectivity index (χ3n) is 4.51. The summed E-state index contributed by atoms with van der Waals surface area (Å²) in [5.41, 5.74) is 0.806. The van der Waals surface area contributed by atoms with E-state index in [9.17, 15) is 4.79 Å². The molecule has 1 fully saturated rings. The summed E-state index contributed by atoms with van der Waals surface area (Å²) in [6.45, 7) is 1.12. The number of para-hydroxylation sites is 1. The minimum atomic E-state index is -0.0795. The first-order chi connectivity index (χ1) is 15.6. The molecule has 8 heteroatoms. The Labute approximate surface area is 200 Å². The number of methoxy groups -OCH3 is 1. The van der Waals surface area contributed by atoms with Crippen LogP contribution in [0, 0.1) is 0 Å². The van der Waals surface area contributed by atoms with E-state index in [-0.39, 0.29) is 5.91 Å². The van der Waals surface area contributed by atoms with Crippen LogP contribution in [0.15, 0.2) is 91.0 Å². The fourth-order valence-electron chi connectivity index (χ4n) is 2.98. The van der Waals surface area contributed by atoms with Gasteiger partial charge in [-0.3, -0.25) is 9.69 Å². The van der Waals surface area contributed by atoms with E-state index in [1.54, 1.807) is 18.1 Å². The van der Waals surface area contributed by atoms with E-state index in [1.807, 2.05) is 66.7 Å². The second-order valence-electron chi connectivity index (χ2n) is 6.86. The highest BCUT2D eigenvalue weighted by molar-refractivity contribution is 8.18. The first kappa shape index (κ1) is 22.7. The lowest BCUT2D eigenvalue weighted by molar-refractivity contribution is -0.122. The summed E-state index contributed by atoms with van der Waals surface area (Å²) in [5.74, 6) is 0.541. The van der Waals surface area contributed by atoms with E-state index in [1.165, 1.54) is 23.5 Å². The van der Waals surface area contributed by atoms with Gasteiger partial charge in [-0.1, -0.05) is 41.6 Å². The summed E-state index contributed by atoms with van der Waals surface area (Å²) < 4.78 is 11.1. The minimum Gasteiger partial charge on any atom is -0.450 e. The van der Waals surface area contributed by atoms with Crippen LogP contribution in [0.3, 0.4) is 0 Å². The molecule has 1 saturated heterocycles. The van der Waals surface area contributed by atoms with Gasteiger partial charge in [-0.15, -0.1) is 0 Å². The molecular weight excluding hydrogens is 464 g/mol. The summed E-state index contributed by atoms with van der Waals surface area (Å²) in [6.07, 6.45) is 2.50. The van der Waals surface area contributed by atoms with Crippen LogP contribution in [0.2, 0.25) is 5.02 Å². The highest BCUT2D eigenvalue weighted by Gasteiger charge is 2.33. The van der Waals surface area contributed by atoms with Crippen molar-refractivity contribution in [1.29, 1.82) is 0 Å². The van der Waals surface area contributed by atoms with Crippen molar-refractivity contribution in [2.24, 2.45) is 4.99 Å². The fraction of sp³-hybridized carbons (Fsp3) is 0.167. The lowest BCUT2D eigenvalue weighted by Gasteiger charge is -2.15. The molecule has 1 amide bonds. The van der Waals surface area contributed by atoms with Gasteiger partial charge in [-0.2, -0.15) is 0 Å². The van der Waals surface area contributed by atoms with Crippen molar-refractivity contribution >= 4 is 58.0 Å². The lowest BCUT2D eigenvalue weighted by Crippen LogP contribution is -2.30. The number of amidine groups is 1. The Balaban J connectivity index is 1.53. The Morgan fingerprint density at radius 1 is 1.12 bits per heavy atom. The number of halogens is 1. The number of furan rings is 1. The number of nitrogens with zero attached hydrogens (tertiary/aromatic N) is 2. The number of thioether (sulfide) groups is 1. The zero-order valence-electron chi connectivity index (χ0n) is 17.4. The number of ether oxygens (including phenoxy) is 1. The van der Waals surface area contributed by atoms with Crippen molar-refractivity contribution < 1.29 is 13.9 Å². The highest BCUT2D eigenvalue weighted by atomic mass is 35.5. The summed E-state index contributed by atoms with van der Waals surface area (Å²) >= 11 is 8.80. The van der Waals surface area contributed by atoms with Crippen LogP contribution in [-0.2, 0) is 9.53 Å². The largest absolute Gasteiger partial charge is 0.450 e. The Morgan fingerprint density at radius 2 is 1.91 bits per heavy atom. The second-order valence-corrected chi connectivity index (χ2v) is 9.38. The van der Waals surface area contributed by atoms with Gasteiger partial charge >= 0.3 is 0 Å². The molecule has 2 aromatic carbocycles. The van der Waals surface area contributed by atoms with Gasteiger partial charge in [-0.05, 0) is 66.7 Å². The summed E-state index contributed by atoms with van der Waals surface area (Å²) in [7, 11) is 1.65. The maximum absolute atomic E-state index is 13.1. The number of rotatable bonds is 8. The smallest absolute Gasteiger partial charge is 0.266 e. The van der Waals surface area contributed by atoms with Crippen LogP contribution in [0.5, 0.6) is 0 Å². The summed E-state index contributed by atoms with van der Waals surface area (Å²) in [4.78, 5) is 21.1. The van der Waals surface area contributed by atoms with Gasteiger partial charge in [0.05, 0.1) is 10.6 Å². The highest BCUT2D eigenvalue weighted by Crippen LogP contribution is 2.36. The van der Waals surface area contributed by atoms with Crippen molar-refractivity contribution in [2.75, 3.05) is 20.3 Å². The number of aliphatic imine (C=N–C) groups is 1. The molecule has 0 bridgehead atoms. The molecule has 32 heavy (non-hydrogen) atoms. The van der Waals surface area contributed by atoms with Gasteiger partial charge in [0.15, 0.2) is 10.3 Å². The second kappa shape index (κ2) is 10.9. The molecule has 0 atom stereocenters. The van der Waals surface area contributed by atoms with E-state index in [0.717, 1.165) is 22.1 Å². The number of carbonyl (C=O) groups excluding carboxylic acids is 1. The molecule has 0 radical (unpaired) electrons. The first-order valence-electron chi connectivity index (χ1n) is 10.00. The maximum Gasteiger partial charge on any atom is 0.266 e. The van der Waals surface area contributed by atoms with Gasteiger partial charge in [-0.25, -0.2) is 4.99 Å². The zero-order valence-corrected chi connectivity index (χ0v) is 19.8. The normalized spacial score (nSPS) is 16.4. The topological polar surface area (TPSA) is 55.0 Å². The fourth-order valence-corrected chi connectivity index (χ4v) is 4.89. The van der Waals surface area contributed by atoms with Crippen molar-refractivity contribution in [3.63, 3.8) is 0 Å². The molecule has 164 valence electrons. The SMILES string of the molecule is COCCCN1C(=O)C(=Cc2ccc(Sc3ccc(Cl)cc3)o2)SC1=Nc1ccccc1. The molecule has 0 unspecified atom stereocenters. The van der Waals surface area contributed by atoms with Gasteiger partial charge in [0.2, 0.25) is 0 Å². The Kier molecular flexibility index (Phi) is 7.76. The van der Waals surface area contributed by atoms with Crippen LogP contribution in [-0.4, -0.2) is 36.2 Å². The van der Waals surface area contributed by atoms with Crippen LogP contribution < -0.4 is 0 Å². The summed E-state index contributed by atoms with van der Waals surface area (Å²) in [5, 5.41) is 2.09. The van der Waals surface area contributed by atoms with Crippen molar-refractivity contribution in [3.8, 4) is 0 Å². The Morgan fingerprint density at radius 3 is 2.66 bits per heavy atom. The lowest BCUT2D eigenvalue weighted by atomic mass is 10.3. The molecule has 0 aliphatic carbocycles. The first-order valence-corrected chi connectivity index (χ1v) is 12.0. The predicted molar refractivity (Wildman–Crippen MR) is 132 cm³/mol. The zero-order chi connectivity index (χ0) is 22.3. The molecule has 1 aliphatic rings. The van der Waals surface area contributed by atoms with Gasteiger partial charge in [0.1, 0.15) is 5.76 Å². The van der Waals surface area contributed by atoms with Crippen LogP contribution >= 0.6 is 35.1 Å². The van der Waals surface area contributed by atoms with Crippen molar-refractivity contribution in [3.05, 3.63) is 82.4 Å². The summed E-state index contributed by atoms with van der Waals surface area (Å²) in [6, 6.07) is 20.9. The van der Waals surface area contributed by atoms with Crippen LogP contribution in [0.1, 0.15) is 12.2 Å². The van der Waals surface area contributed by atoms with E-state index in [4.69, 9.17) is 20.8 Å². The molecule has 0 spiro atoms. The van der Waals surface area contributed by atoms with E-state index >= 15 is 0 Å². The monoisotopic (exact) mass is 484 g/mol. The number of benzene rings is 2. The van der Waals surface area contributed by atoms with E-state index < -0.39 is 0 Å². The third kappa shape index (κ3) is 5.86. The molecule has 5 nitrogen and oxygen atoms in total. The number of hydrogen-bond donors (Lipinski definition) is 0. The third-order valence-corrected chi connectivity index (χ3v) is 6.69. The molecule has 4 rings (SSSR count). The minimum absolute atomic E-state index is 0.0795. The molecule has 0 saturated carbocycles. The molecule has 1 aromatic heterocycles. The van der Waals surface area contributed by atoms with Crippen LogP contribution in [0.25, 0.3) is 6.08 Å². The molecule has 1 aliphatic heterocycles. The van der Waals surface area contributed by atoms with Gasteiger partial charge in [0.25, 0.3) is 5.91 Å². The van der Waals surface area contributed by atoms with Crippen molar-refractivity contribution in [1.82, 2.24) is 4.90 Å². The predicted octanol–water partition coefficient (Wildman–Crippen LogP) is 6.72. The Hall–Kier alpha value is -2.45. The van der Waals surface area contributed by atoms with Gasteiger partial charge in [0, 0.05) is 36.3 Å². The average molecular weight is 485 g/mol. The van der Waals surface area contributed by atoms with E-state index in [0.29, 0.717) is 34.0 Å². The molecule has 2 heterocycles.